The number of benzene rings is 1. The molecule has 1 amide bonds. The number of amides is 1. The summed E-state index contributed by atoms with van der Waals surface area (Å²) in [4.78, 5) is 11.6. The van der Waals surface area contributed by atoms with Gasteiger partial charge in [-0.05, 0) is 31.0 Å². The maximum atomic E-state index is 11.6. The van der Waals surface area contributed by atoms with Crippen LogP contribution in [-0.4, -0.2) is 20.9 Å². The van der Waals surface area contributed by atoms with E-state index in [0.29, 0.717) is 17.7 Å². The van der Waals surface area contributed by atoms with Crippen LogP contribution >= 0.6 is 10.7 Å². The highest BCUT2D eigenvalue weighted by atomic mass is 35.7. The second kappa shape index (κ2) is 5.51. The Hall–Kier alpha value is -1.07. The van der Waals surface area contributed by atoms with E-state index in [1.54, 1.807) is 19.1 Å². The Morgan fingerprint density at radius 2 is 2.06 bits per heavy atom. The largest absolute Gasteiger partial charge is 0.352 e. The van der Waals surface area contributed by atoms with E-state index in [1.165, 1.54) is 6.07 Å². The quantitative estimate of drug-likeness (QED) is 0.856. The molecule has 0 saturated heterocycles. The van der Waals surface area contributed by atoms with E-state index in [9.17, 15) is 13.2 Å². The number of carbonyl (C=O) groups is 1. The van der Waals surface area contributed by atoms with Gasteiger partial charge in [0.05, 0.1) is 4.90 Å². The number of halogens is 1. The van der Waals surface area contributed by atoms with Gasteiger partial charge in [-0.15, -0.1) is 0 Å². The van der Waals surface area contributed by atoms with Gasteiger partial charge in [0.2, 0.25) is 0 Å². The first kappa shape index (κ1) is 14.0. The van der Waals surface area contributed by atoms with E-state index in [-0.39, 0.29) is 10.8 Å². The molecule has 0 aliphatic carbocycles. The summed E-state index contributed by atoms with van der Waals surface area (Å²) in [6.07, 6.45) is 0.818. The molecule has 1 rings (SSSR count). The van der Waals surface area contributed by atoms with E-state index in [2.05, 4.69) is 5.32 Å². The minimum Gasteiger partial charge on any atom is -0.352 e. The van der Waals surface area contributed by atoms with Gasteiger partial charge in [-0.25, -0.2) is 8.42 Å². The van der Waals surface area contributed by atoms with Crippen molar-refractivity contribution in [2.24, 2.45) is 0 Å². The number of nitrogens with one attached hydrogen (secondary N) is 1. The van der Waals surface area contributed by atoms with E-state index in [1.807, 2.05) is 6.92 Å². The molecule has 0 saturated carbocycles. The molecule has 1 N–H and O–H groups in total. The van der Waals surface area contributed by atoms with Crippen molar-refractivity contribution < 1.29 is 13.2 Å². The van der Waals surface area contributed by atoms with Gasteiger partial charge >= 0.3 is 0 Å². The highest BCUT2D eigenvalue weighted by molar-refractivity contribution is 8.13. The van der Waals surface area contributed by atoms with Crippen LogP contribution in [0.5, 0.6) is 0 Å². The van der Waals surface area contributed by atoms with Gasteiger partial charge in [0, 0.05) is 22.8 Å². The summed E-state index contributed by atoms with van der Waals surface area (Å²) in [5, 5.41) is 2.67. The molecule has 0 fully saturated rings. The summed E-state index contributed by atoms with van der Waals surface area (Å²) in [7, 11) is 1.47. The van der Waals surface area contributed by atoms with Crippen LogP contribution in [0.15, 0.2) is 23.1 Å². The van der Waals surface area contributed by atoms with Crippen molar-refractivity contribution in [1.82, 2.24) is 5.32 Å². The fourth-order valence-electron chi connectivity index (χ4n) is 1.34. The summed E-state index contributed by atoms with van der Waals surface area (Å²) in [6, 6.07) is 4.44. The molecule has 0 atom stereocenters. The number of aryl methyl sites for hydroxylation is 1. The molecule has 0 aliphatic rings. The average molecular weight is 276 g/mol. The predicted molar refractivity (Wildman–Crippen MR) is 66.8 cm³/mol. The van der Waals surface area contributed by atoms with Crippen LogP contribution < -0.4 is 5.32 Å². The Morgan fingerprint density at radius 3 is 2.59 bits per heavy atom. The van der Waals surface area contributed by atoms with Crippen LogP contribution in [0.3, 0.4) is 0 Å². The third-order valence-electron chi connectivity index (χ3n) is 2.25. The Balaban J connectivity index is 3.09. The van der Waals surface area contributed by atoms with Crippen LogP contribution in [0.4, 0.5) is 0 Å². The van der Waals surface area contributed by atoms with Gasteiger partial charge < -0.3 is 5.32 Å². The lowest BCUT2D eigenvalue weighted by molar-refractivity contribution is 0.0953. The van der Waals surface area contributed by atoms with Crippen molar-refractivity contribution in [2.75, 3.05) is 6.54 Å². The van der Waals surface area contributed by atoms with Crippen LogP contribution in [0.1, 0.15) is 29.3 Å². The zero-order valence-corrected chi connectivity index (χ0v) is 11.2. The standard InChI is InChI=1S/C11H14ClNO3S/c1-3-6-13-11(14)9-5-4-8(2)10(7-9)17(12,15)16/h4-5,7H,3,6H2,1-2H3,(H,13,14). The summed E-state index contributed by atoms with van der Waals surface area (Å²) in [5.41, 5.74) is 0.815. The molecule has 4 nitrogen and oxygen atoms in total. The number of rotatable bonds is 4. The minimum absolute atomic E-state index is 0.0247. The molecule has 0 bridgehead atoms. The molecule has 0 heterocycles. The van der Waals surface area contributed by atoms with Crippen molar-refractivity contribution in [1.29, 1.82) is 0 Å². The third-order valence-corrected chi connectivity index (χ3v) is 3.71. The van der Waals surface area contributed by atoms with E-state index in [4.69, 9.17) is 10.7 Å². The Bertz CT molecular complexity index is 526. The van der Waals surface area contributed by atoms with Gasteiger partial charge in [-0.2, -0.15) is 0 Å². The van der Waals surface area contributed by atoms with E-state index >= 15 is 0 Å². The second-order valence-electron chi connectivity index (χ2n) is 3.67. The maximum Gasteiger partial charge on any atom is 0.261 e. The lowest BCUT2D eigenvalue weighted by atomic mass is 10.1. The van der Waals surface area contributed by atoms with E-state index in [0.717, 1.165) is 6.42 Å². The zero-order valence-electron chi connectivity index (χ0n) is 9.66. The maximum absolute atomic E-state index is 11.6. The molecule has 6 heteroatoms. The Kier molecular flexibility index (Phi) is 4.54. The monoisotopic (exact) mass is 275 g/mol. The zero-order chi connectivity index (χ0) is 13.1. The van der Waals surface area contributed by atoms with Crippen molar-refractivity contribution >= 4 is 25.6 Å². The molecule has 0 spiro atoms. The highest BCUT2D eigenvalue weighted by Crippen LogP contribution is 2.20. The van der Waals surface area contributed by atoms with Crippen LogP contribution in [-0.2, 0) is 9.05 Å². The van der Waals surface area contributed by atoms with Gasteiger partial charge in [-0.1, -0.05) is 13.0 Å². The smallest absolute Gasteiger partial charge is 0.261 e. The lowest BCUT2D eigenvalue weighted by Gasteiger charge is -2.06. The highest BCUT2D eigenvalue weighted by Gasteiger charge is 2.16. The van der Waals surface area contributed by atoms with Gasteiger partial charge in [0.25, 0.3) is 15.0 Å². The summed E-state index contributed by atoms with van der Waals surface area (Å²) < 4.78 is 22.6. The van der Waals surface area contributed by atoms with Crippen LogP contribution in [0, 0.1) is 6.92 Å². The molecule has 0 aromatic heterocycles. The molecule has 94 valence electrons. The minimum atomic E-state index is -3.82. The third kappa shape index (κ3) is 3.71. The predicted octanol–water partition coefficient (Wildman–Crippen LogP) is 2.06. The molecular weight excluding hydrogens is 262 g/mol. The SMILES string of the molecule is CCCNC(=O)c1ccc(C)c(S(=O)(=O)Cl)c1. The first-order valence-electron chi connectivity index (χ1n) is 5.19. The van der Waals surface area contributed by atoms with Crippen molar-refractivity contribution in [3.63, 3.8) is 0 Å². The molecule has 0 aliphatic heterocycles. The van der Waals surface area contributed by atoms with Crippen molar-refractivity contribution in [3.05, 3.63) is 29.3 Å². The van der Waals surface area contributed by atoms with Gasteiger partial charge in [0.1, 0.15) is 0 Å². The molecule has 0 radical (unpaired) electrons. The second-order valence-corrected chi connectivity index (χ2v) is 6.21. The number of hydrogen-bond donors (Lipinski definition) is 1. The number of hydrogen-bond acceptors (Lipinski definition) is 3. The molecule has 1 aromatic carbocycles. The van der Waals surface area contributed by atoms with Gasteiger partial charge in [-0.3, -0.25) is 4.79 Å². The summed E-state index contributed by atoms with van der Waals surface area (Å²) in [5.74, 6) is -0.298. The first-order valence-corrected chi connectivity index (χ1v) is 7.50. The normalized spacial score (nSPS) is 11.2. The summed E-state index contributed by atoms with van der Waals surface area (Å²) in [6.45, 7) is 4.11. The first-order chi connectivity index (χ1) is 7.86. The molecule has 0 unspecified atom stereocenters. The van der Waals surface area contributed by atoms with E-state index < -0.39 is 9.05 Å². The van der Waals surface area contributed by atoms with Crippen molar-refractivity contribution in [2.45, 2.75) is 25.2 Å². The van der Waals surface area contributed by atoms with Crippen molar-refractivity contribution in [3.8, 4) is 0 Å². The van der Waals surface area contributed by atoms with Crippen LogP contribution in [0.25, 0.3) is 0 Å². The number of carbonyl (C=O) groups excluding carboxylic acids is 1. The lowest BCUT2D eigenvalue weighted by Crippen LogP contribution is -2.24. The van der Waals surface area contributed by atoms with Gasteiger partial charge in [0.15, 0.2) is 0 Å². The average Bonchev–Trinajstić information content (AvgIpc) is 2.25. The fourth-order valence-corrected chi connectivity index (χ4v) is 2.56. The molecule has 17 heavy (non-hydrogen) atoms. The Labute approximate surface area is 105 Å². The molecule has 1 aromatic rings. The van der Waals surface area contributed by atoms with Crippen LogP contribution in [0.2, 0.25) is 0 Å². The summed E-state index contributed by atoms with van der Waals surface area (Å²) >= 11 is 0. The molecular formula is C11H14ClNO3S. The fraction of sp³-hybridized carbons (Fsp3) is 0.364. The topological polar surface area (TPSA) is 63.2 Å². The Morgan fingerprint density at radius 1 is 1.41 bits per heavy atom.